The second kappa shape index (κ2) is 4.44. The molecular weight excluding hydrogens is 247 g/mol. The van der Waals surface area contributed by atoms with E-state index in [-0.39, 0.29) is 29.6 Å². The normalized spacial score (nSPS) is 11.3. The van der Waals surface area contributed by atoms with Crippen molar-refractivity contribution < 1.29 is 42.5 Å². The zero-order valence-corrected chi connectivity index (χ0v) is 11.5. The van der Waals surface area contributed by atoms with Crippen LogP contribution in [0.25, 0.3) is 11.0 Å². The molecule has 1 aromatic heterocycles. The van der Waals surface area contributed by atoms with Crippen molar-refractivity contribution in [1.82, 2.24) is 8.96 Å². The van der Waals surface area contributed by atoms with Crippen LogP contribution >= 0.6 is 12.8 Å². The Bertz CT molecular complexity index is 593. The largest absolute Gasteiger partial charge is 1.00 e. The van der Waals surface area contributed by atoms with E-state index < -0.39 is 15.3 Å². The van der Waals surface area contributed by atoms with E-state index in [0.29, 0.717) is 11.0 Å². The summed E-state index contributed by atoms with van der Waals surface area (Å²) in [7, 11) is -4.57. The minimum atomic E-state index is -4.57. The van der Waals surface area contributed by atoms with Gasteiger partial charge in [-0.3, -0.25) is 3.97 Å². The Morgan fingerprint density at radius 1 is 1.33 bits per heavy atom. The molecule has 0 aliphatic carbocycles. The van der Waals surface area contributed by atoms with Crippen molar-refractivity contribution in [3.63, 3.8) is 0 Å². The summed E-state index contributed by atoms with van der Waals surface area (Å²) in [6.07, 6.45) is 0. The second-order valence-electron chi connectivity index (χ2n) is 2.65. The fourth-order valence-corrected chi connectivity index (χ4v) is 2.19. The first-order chi connectivity index (χ1) is 6.50. The summed E-state index contributed by atoms with van der Waals surface area (Å²) in [5.74, 6) is 0. The van der Waals surface area contributed by atoms with Crippen molar-refractivity contribution in [3.05, 3.63) is 24.3 Å². The van der Waals surface area contributed by atoms with Gasteiger partial charge in [0.2, 0.25) is 5.16 Å². The van der Waals surface area contributed by atoms with Gasteiger partial charge in [0.1, 0.15) is 0 Å². The van der Waals surface area contributed by atoms with E-state index in [0.717, 1.165) is 3.97 Å². The molecule has 0 radical (unpaired) electrons. The topological polar surface area (TPSA) is 75.0 Å². The van der Waals surface area contributed by atoms with Gasteiger partial charge in [-0.2, -0.15) is 0 Å². The first-order valence-corrected chi connectivity index (χ1v) is 5.43. The number of fused-ring (bicyclic) bond motifs is 1. The molecule has 0 bridgehead atoms. The minimum Gasteiger partial charge on any atom is -0.742 e. The molecule has 0 amide bonds. The van der Waals surface area contributed by atoms with Crippen LogP contribution in [-0.4, -0.2) is 21.9 Å². The molecule has 1 heterocycles. The molecule has 0 aliphatic heterocycles. The number of aromatic nitrogens is 2. The third-order valence-corrected chi connectivity index (χ3v) is 2.99. The van der Waals surface area contributed by atoms with Crippen molar-refractivity contribution in [2.24, 2.45) is 0 Å². The standard InChI is InChI=1S/C7H6N2O3S2.Na/c10-14(11,12)7-8-5-3-1-2-4-6(5)9(7)13;/h1-4,13H,(H,10,11,12);/q;+1/p-1. The van der Waals surface area contributed by atoms with Crippen molar-refractivity contribution in [2.75, 3.05) is 0 Å². The van der Waals surface area contributed by atoms with Gasteiger partial charge in [0.05, 0.1) is 11.0 Å². The van der Waals surface area contributed by atoms with Crippen molar-refractivity contribution in [3.8, 4) is 0 Å². The number of nitrogens with zero attached hydrogens (tertiary/aromatic N) is 2. The number of imidazole rings is 1. The molecule has 0 spiro atoms. The van der Waals surface area contributed by atoms with Crippen LogP contribution in [0, 0.1) is 0 Å². The monoisotopic (exact) mass is 252 g/mol. The van der Waals surface area contributed by atoms with Crippen molar-refractivity contribution >= 4 is 34.0 Å². The van der Waals surface area contributed by atoms with Gasteiger partial charge in [0.25, 0.3) is 0 Å². The molecule has 0 saturated heterocycles. The van der Waals surface area contributed by atoms with Crippen LogP contribution in [0.2, 0.25) is 0 Å². The second-order valence-corrected chi connectivity index (χ2v) is 4.32. The Morgan fingerprint density at radius 3 is 2.47 bits per heavy atom. The summed E-state index contributed by atoms with van der Waals surface area (Å²) in [5, 5.41) is -0.581. The van der Waals surface area contributed by atoms with Gasteiger partial charge in [-0.15, -0.1) is 0 Å². The van der Waals surface area contributed by atoms with Crippen LogP contribution in [0.5, 0.6) is 0 Å². The van der Waals surface area contributed by atoms with Gasteiger partial charge in [-0.1, -0.05) is 24.9 Å². The van der Waals surface area contributed by atoms with E-state index in [2.05, 4.69) is 17.8 Å². The smallest absolute Gasteiger partial charge is 0.742 e. The number of thiol groups is 1. The summed E-state index contributed by atoms with van der Waals surface area (Å²) in [5.41, 5.74) is 0.919. The maximum Gasteiger partial charge on any atom is 1.00 e. The Kier molecular flexibility index (Phi) is 3.85. The third-order valence-electron chi connectivity index (χ3n) is 1.73. The number of para-hydroxylation sites is 2. The van der Waals surface area contributed by atoms with E-state index in [9.17, 15) is 13.0 Å². The molecule has 8 heteroatoms. The molecule has 0 N–H and O–H groups in total. The van der Waals surface area contributed by atoms with E-state index in [1.165, 1.54) is 0 Å². The quantitative estimate of drug-likeness (QED) is 0.350. The molecule has 0 unspecified atom stereocenters. The summed E-state index contributed by atoms with van der Waals surface area (Å²) in [6.45, 7) is 0. The average molecular weight is 252 g/mol. The zero-order valence-electron chi connectivity index (χ0n) is 7.78. The van der Waals surface area contributed by atoms with Crippen LogP contribution in [0.3, 0.4) is 0 Å². The van der Waals surface area contributed by atoms with Crippen molar-refractivity contribution in [2.45, 2.75) is 5.16 Å². The minimum absolute atomic E-state index is 0. The summed E-state index contributed by atoms with van der Waals surface area (Å²) in [4.78, 5) is 3.67. The SMILES string of the molecule is O=S(=O)([O-])c1nc2ccccc2n1S.[Na+]. The molecule has 0 aliphatic rings. The first-order valence-electron chi connectivity index (χ1n) is 3.63. The van der Waals surface area contributed by atoms with Crippen LogP contribution in [0.4, 0.5) is 0 Å². The molecular formula is C7H5N2NaO3S2. The molecule has 1 aromatic carbocycles. The van der Waals surface area contributed by atoms with Gasteiger partial charge < -0.3 is 4.55 Å². The van der Waals surface area contributed by atoms with Crippen LogP contribution < -0.4 is 29.6 Å². The van der Waals surface area contributed by atoms with Gasteiger partial charge in [-0.25, -0.2) is 13.4 Å². The summed E-state index contributed by atoms with van der Waals surface area (Å²) < 4.78 is 33.2. The fraction of sp³-hybridized carbons (Fsp3) is 0. The van der Waals surface area contributed by atoms with E-state index in [1.807, 2.05) is 0 Å². The third kappa shape index (κ3) is 2.38. The summed E-state index contributed by atoms with van der Waals surface area (Å²) in [6, 6.07) is 6.64. The molecule has 5 nitrogen and oxygen atoms in total. The van der Waals surface area contributed by atoms with Crippen LogP contribution in [-0.2, 0) is 10.1 Å². The first kappa shape index (κ1) is 13.0. The maximum atomic E-state index is 10.7. The Hall–Kier alpha value is -0.0500. The Balaban J connectivity index is 0.00000112. The van der Waals surface area contributed by atoms with E-state index in [1.54, 1.807) is 24.3 Å². The molecule has 74 valence electrons. The van der Waals surface area contributed by atoms with Crippen LogP contribution in [0.1, 0.15) is 0 Å². The van der Waals surface area contributed by atoms with Crippen LogP contribution in [0.15, 0.2) is 29.4 Å². The Labute approximate surface area is 114 Å². The van der Waals surface area contributed by atoms with Crippen molar-refractivity contribution in [1.29, 1.82) is 0 Å². The predicted octanol–water partition coefficient (Wildman–Crippen LogP) is -2.36. The number of hydrogen-bond donors (Lipinski definition) is 1. The molecule has 0 saturated carbocycles. The molecule has 0 fully saturated rings. The fourth-order valence-electron chi connectivity index (χ4n) is 1.15. The van der Waals surface area contributed by atoms with E-state index >= 15 is 0 Å². The van der Waals surface area contributed by atoms with E-state index in [4.69, 9.17) is 0 Å². The van der Waals surface area contributed by atoms with Gasteiger partial charge in [-0.05, 0) is 12.1 Å². The Morgan fingerprint density at radius 2 is 1.93 bits per heavy atom. The summed E-state index contributed by atoms with van der Waals surface area (Å²) >= 11 is 3.88. The van der Waals surface area contributed by atoms with Gasteiger partial charge in [0, 0.05) is 0 Å². The number of rotatable bonds is 1. The zero-order chi connectivity index (χ0) is 10.3. The average Bonchev–Trinajstić information content (AvgIpc) is 2.44. The molecule has 2 aromatic rings. The predicted molar refractivity (Wildman–Crippen MR) is 52.1 cm³/mol. The molecule has 0 atom stereocenters. The van der Waals surface area contributed by atoms with Gasteiger partial charge >= 0.3 is 29.6 Å². The number of benzene rings is 1. The molecule has 15 heavy (non-hydrogen) atoms. The van der Waals surface area contributed by atoms with Gasteiger partial charge in [0.15, 0.2) is 10.1 Å². The molecule has 2 rings (SSSR count). The maximum absolute atomic E-state index is 10.7. The number of hydrogen-bond acceptors (Lipinski definition) is 5.